The van der Waals surface area contributed by atoms with Gasteiger partial charge < -0.3 is 9.47 Å². The van der Waals surface area contributed by atoms with Crippen LogP contribution in [0.1, 0.15) is 29.6 Å². The summed E-state index contributed by atoms with van der Waals surface area (Å²) in [5, 5.41) is 0. The van der Waals surface area contributed by atoms with Crippen LogP contribution in [0, 0.1) is 6.92 Å². The molecule has 0 atom stereocenters. The van der Waals surface area contributed by atoms with Crippen LogP contribution >= 0.6 is 0 Å². The molecule has 0 heterocycles. The zero-order chi connectivity index (χ0) is 15.3. The van der Waals surface area contributed by atoms with Crippen LogP contribution in [0.25, 0.3) is 0 Å². The molecule has 0 spiro atoms. The highest BCUT2D eigenvalue weighted by Gasteiger charge is 2.38. The summed E-state index contributed by atoms with van der Waals surface area (Å²) in [4.78, 5) is 0. The molecule has 2 nitrogen and oxygen atoms in total. The fourth-order valence-corrected chi connectivity index (χ4v) is 6.81. The SMILES string of the molecule is CCOc1cc(C([S+](C)C)[S+](C)C)c(OCC)cc1C. The van der Waals surface area contributed by atoms with Crippen LogP contribution in [-0.4, -0.2) is 38.2 Å². The van der Waals surface area contributed by atoms with E-state index >= 15 is 0 Å². The molecule has 1 aromatic rings. The predicted molar refractivity (Wildman–Crippen MR) is 94.7 cm³/mol. The van der Waals surface area contributed by atoms with Crippen molar-refractivity contribution in [3.05, 3.63) is 23.3 Å². The minimum atomic E-state index is 0.310. The van der Waals surface area contributed by atoms with Gasteiger partial charge >= 0.3 is 0 Å². The smallest absolute Gasteiger partial charge is 0.294 e. The summed E-state index contributed by atoms with van der Waals surface area (Å²) in [6, 6.07) is 4.34. The van der Waals surface area contributed by atoms with Gasteiger partial charge in [-0.15, -0.1) is 0 Å². The summed E-state index contributed by atoms with van der Waals surface area (Å²) >= 11 is 0. The van der Waals surface area contributed by atoms with Crippen molar-refractivity contribution in [2.75, 3.05) is 38.2 Å². The molecule has 0 aliphatic heterocycles. The van der Waals surface area contributed by atoms with Crippen molar-refractivity contribution in [1.29, 1.82) is 0 Å². The van der Waals surface area contributed by atoms with E-state index in [4.69, 9.17) is 9.47 Å². The van der Waals surface area contributed by atoms with Gasteiger partial charge in [-0.2, -0.15) is 0 Å². The monoisotopic (exact) mass is 316 g/mol. The van der Waals surface area contributed by atoms with E-state index in [1.54, 1.807) is 0 Å². The number of hydrogen-bond acceptors (Lipinski definition) is 2. The third-order valence-electron chi connectivity index (χ3n) is 3.02. The van der Waals surface area contributed by atoms with Crippen LogP contribution in [0.2, 0.25) is 0 Å². The fourth-order valence-electron chi connectivity index (χ4n) is 2.35. The molecule has 114 valence electrons. The van der Waals surface area contributed by atoms with Crippen LogP contribution in [0.15, 0.2) is 12.1 Å². The number of benzene rings is 1. The van der Waals surface area contributed by atoms with E-state index in [1.165, 1.54) is 5.56 Å². The van der Waals surface area contributed by atoms with Gasteiger partial charge in [-0.05, 0) is 38.5 Å². The maximum atomic E-state index is 5.89. The van der Waals surface area contributed by atoms with Crippen LogP contribution < -0.4 is 9.47 Å². The zero-order valence-electron chi connectivity index (χ0n) is 13.8. The molecular weight excluding hydrogens is 288 g/mol. The first kappa shape index (κ1) is 17.6. The molecule has 1 aromatic carbocycles. The minimum absolute atomic E-state index is 0.310. The van der Waals surface area contributed by atoms with Crippen LogP contribution in [0.4, 0.5) is 0 Å². The molecule has 0 aromatic heterocycles. The summed E-state index contributed by atoms with van der Waals surface area (Å²) < 4.78 is 12.2. The quantitative estimate of drug-likeness (QED) is 0.716. The number of ether oxygens (including phenoxy) is 2. The van der Waals surface area contributed by atoms with E-state index in [0.29, 0.717) is 39.6 Å². The molecule has 0 aliphatic carbocycles. The maximum absolute atomic E-state index is 5.89. The molecule has 0 bridgehead atoms. The third kappa shape index (κ3) is 4.26. The Morgan fingerprint density at radius 2 is 1.40 bits per heavy atom. The van der Waals surface area contributed by atoms with E-state index in [9.17, 15) is 0 Å². The third-order valence-corrected chi connectivity index (χ3v) is 7.55. The average Bonchev–Trinajstić information content (AvgIpc) is 2.34. The Bertz CT molecular complexity index is 423. The first-order valence-electron chi connectivity index (χ1n) is 6.95. The number of aryl methyl sites for hydroxylation is 1. The summed E-state index contributed by atoms with van der Waals surface area (Å²) in [7, 11) is 0.619. The number of rotatable bonds is 7. The Morgan fingerprint density at radius 1 is 0.900 bits per heavy atom. The lowest BCUT2D eigenvalue weighted by Crippen LogP contribution is -2.20. The second-order valence-corrected chi connectivity index (χ2v) is 9.87. The summed E-state index contributed by atoms with van der Waals surface area (Å²) in [5.41, 5.74) is 2.46. The minimum Gasteiger partial charge on any atom is -0.494 e. The van der Waals surface area contributed by atoms with Gasteiger partial charge in [0.05, 0.1) is 13.2 Å². The molecule has 0 unspecified atom stereocenters. The van der Waals surface area contributed by atoms with Crippen molar-refractivity contribution < 1.29 is 9.47 Å². The molecule has 1 rings (SSSR count). The van der Waals surface area contributed by atoms with Gasteiger partial charge in [0.2, 0.25) is 0 Å². The van der Waals surface area contributed by atoms with Crippen molar-refractivity contribution in [2.45, 2.75) is 25.4 Å². The lowest BCUT2D eigenvalue weighted by molar-refractivity contribution is 0.326. The second-order valence-electron chi connectivity index (χ2n) is 5.11. The largest absolute Gasteiger partial charge is 0.494 e. The van der Waals surface area contributed by atoms with Crippen LogP contribution in [-0.2, 0) is 21.8 Å². The number of hydrogen-bond donors (Lipinski definition) is 0. The van der Waals surface area contributed by atoms with E-state index in [0.717, 1.165) is 17.1 Å². The Balaban J connectivity index is 3.34. The van der Waals surface area contributed by atoms with Gasteiger partial charge in [-0.1, -0.05) is 0 Å². The summed E-state index contributed by atoms with van der Waals surface area (Å²) in [6.07, 6.45) is 9.25. The molecular formula is C16H28O2S2+2. The van der Waals surface area contributed by atoms with E-state index in [1.807, 2.05) is 13.8 Å². The Labute approximate surface area is 129 Å². The van der Waals surface area contributed by atoms with Gasteiger partial charge in [-0.3, -0.25) is 0 Å². The maximum Gasteiger partial charge on any atom is 0.294 e. The highest BCUT2D eigenvalue weighted by molar-refractivity contribution is 8.12. The highest BCUT2D eigenvalue weighted by atomic mass is 32.3. The van der Waals surface area contributed by atoms with E-state index < -0.39 is 0 Å². The van der Waals surface area contributed by atoms with Crippen molar-refractivity contribution in [2.24, 2.45) is 0 Å². The fraction of sp³-hybridized carbons (Fsp3) is 0.625. The normalized spacial score (nSPS) is 11.5. The predicted octanol–water partition coefficient (Wildman–Crippen LogP) is 3.55. The van der Waals surface area contributed by atoms with Crippen molar-refractivity contribution in [3.63, 3.8) is 0 Å². The molecule has 4 heteroatoms. The molecule has 0 amide bonds. The molecule has 0 fully saturated rings. The van der Waals surface area contributed by atoms with Gasteiger partial charge in [0.1, 0.15) is 42.1 Å². The molecule has 0 aliphatic rings. The van der Waals surface area contributed by atoms with Gasteiger partial charge in [-0.25, -0.2) is 0 Å². The van der Waals surface area contributed by atoms with Crippen molar-refractivity contribution >= 4 is 21.8 Å². The van der Waals surface area contributed by atoms with E-state index in [2.05, 4.69) is 44.1 Å². The standard InChI is InChI=1S/C16H28O2S2/c1-8-17-14-11-13(16(19(4)5)20(6)7)15(18-9-2)10-12(14)3/h10-11,16H,8-9H2,1-7H3/q+2. The summed E-state index contributed by atoms with van der Waals surface area (Å²) in [5.74, 6) is 2.02. The van der Waals surface area contributed by atoms with Gasteiger partial charge in [0.25, 0.3) is 4.58 Å². The molecule has 0 saturated carbocycles. The van der Waals surface area contributed by atoms with Crippen molar-refractivity contribution in [3.8, 4) is 11.5 Å². The van der Waals surface area contributed by atoms with Crippen molar-refractivity contribution in [1.82, 2.24) is 0 Å². The Morgan fingerprint density at radius 3 is 1.85 bits per heavy atom. The topological polar surface area (TPSA) is 18.5 Å². The molecule has 0 saturated heterocycles. The van der Waals surface area contributed by atoms with Gasteiger partial charge in [0.15, 0.2) is 0 Å². The van der Waals surface area contributed by atoms with Crippen LogP contribution in [0.5, 0.6) is 11.5 Å². The zero-order valence-corrected chi connectivity index (χ0v) is 15.4. The summed E-state index contributed by atoms with van der Waals surface area (Å²) in [6.45, 7) is 7.56. The molecule has 0 radical (unpaired) electrons. The molecule has 20 heavy (non-hydrogen) atoms. The highest BCUT2D eigenvalue weighted by Crippen LogP contribution is 2.38. The lowest BCUT2D eigenvalue weighted by Gasteiger charge is -2.18. The lowest BCUT2D eigenvalue weighted by atomic mass is 10.1. The first-order chi connectivity index (χ1) is 9.42. The molecule has 0 N–H and O–H groups in total. The Hall–Kier alpha value is -0.480. The van der Waals surface area contributed by atoms with Gasteiger partial charge in [0, 0.05) is 21.8 Å². The first-order valence-corrected chi connectivity index (χ1v) is 11.2. The second kappa shape index (κ2) is 8.08. The Kier molecular flexibility index (Phi) is 7.10. The average molecular weight is 317 g/mol. The van der Waals surface area contributed by atoms with Crippen LogP contribution in [0.3, 0.4) is 0 Å². The van der Waals surface area contributed by atoms with E-state index in [-0.39, 0.29) is 0 Å².